The molecule has 1 aromatic rings. The van der Waals surface area contributed by atoms with Crippen LogP contribution in [-0.4, -0.2) is 45.3 Å². The molecule has 1 aromatic carbocycles. The summed E-state index contributed by atoms with van der Waals surface area (Å²) in [6.45, 7) is 6.78. The molecular formula is C14H23BrN2O. The third-order valence-electron chi connectivity index (χ3n) is 2.80. The number of hydrogen-bond acceptors (Lipinski definition) is 3. The Balaban J connectivity index is 2.28. The minimum absolute atomic E-state index is 0.771. The molecule has 0 heterocycles. The summed E-state index contributed by atoms with van der Waals surface area (Å²) in [6, 6.07) is 6.51. The molecular weight excluding hydrogens is 292 g/mol. The summed E-state index contributed by atoms with van der Waals surface area (Å²) in [6.07, 6.45) is 0. The number of ether oxygens (including phenoxy) is 1. The molecule has 0 amide bonds. The van der Waals surface area contributed by atoms with Gasteiger partial charge in [0.15, 0.2) is 0 Å². The summed E-state index contributed by atoms with van der Waals surface area (Å²) < 4.78 is 6.19. The van der Waals surface area contributed by atoms with Crippen molar-refractivity contribution in [2.24, 2.45) is 0 Å². The van der Waals surface area contributed by atoms with Crippen LogP contribution >= 0.6 is 15.9 Å². The monoisotopic (exact) mass is 314 g/mol. The molecule has 0 atom stereocenters. The van der Waals surface area contributed by atoms with Crippen molar-refractivity contribution in [3.63, 3.8) is 0 Å². The number of nitrogens with one attached hydrogen (secondary N) is 1. The van der Waals surface area contributed by atoms with Gasteiger partial charge in [-0.3, -0.25) is 0 Å². The van der Waals surface area contributed by atoms with Crippen molar-refractivity contribution in [1.29, 1.82) is 0 Å². The van der Waals surface area contributed by atoms with Crippen molar-refractivity contribution >= 4 is 15.9 Å². The standard InChI is InChI=1S/C14H23BrN2O/c1-12-4-5-13(14(15)10-12)11-17(2)8-6-16-7-9-18-3/h4-5,10,16H,6-9,11H2,1-3H3. The average Bonchev–Trinajstić information content (AvgIpc) is 2.32. The second-order valence-electron chi connectivity index (χ2n) is 4.58. The van der Waals surface area contributed by atoms with Crippen LogP contribution in [0.4, 0.5) is 0 Å². The van der Waals surface area contributed by atoms with Crippen LogP contribution in [0.1, 0.15) is 11.1 Å². The highest BCUT2D eigenvalue weighted by Gasteiger charge is 2.04. The van der Waals surface area contributed by atoms with Crippen LogP contribution in [0.5, 0.6) is 0 Å². The van der Waals surface area contributed by atoms with Crippen molar-refractivity contribution in [3.8, 4) is 0 Å². The summed E-state index contributed by atoms with van der Waals surface area (Å²) in [7, 11) is 3.87. The van der Waals surface area contributed by atoms with Gasteiger partial charge < -0.3 is 15.0 Å². The Labute approximate surface area is 119 Å². The molecule has 0 saturated carbocycles. The van der Waals surface area contributed by atoms with Gasteiger partial charge in [-0.2, -0.15) is 0 Å². The summed E-state index contributed by atoms with van der Waals surface area (Å²) in [4.78, 5) is 2.31. The third-order valence-corrected chi connectivity index (χ3v) is 3.54. The summed E-state index contributed by atoms with van der Waals surface area (Å²) >= 11 is 3.62. The molecule has 0 spiro atoms. The SMILES string of the molecule is COCCNCCN(C)Cc1ccc(C)cc1Br. The molecule has 0 fully saturated rings. The quantitative estimate of drug-likeness (QED) is 0.746. The topological polar surface area (TPSA) is 24.5 Å². The zero-order valence-corrected chi connectivity index (χ0v) is 13.1. The van der Waals surface area contributed by atoms with E-state index in [2.05, 4.69) is 58.3 Å². The molecule has 1 rings (SSSR count). The molecule has 0 saturated heterocycles. The van der Waals surface area contributed by atoms with Gasteiger partial charge in [-0.25, -0.2) is 0 Å². The van der Waals surface area contributed by atoms with Gasteiger partial charge in [0, 0.05) is 37.8 Å². The fourth-order valence-electron chi connectivity index (χ4n) is 1.72. The first-order valence-corrected chi connectivity index (χ1v) is 7.06. The second kappa shape index (κ2) is 8.64. The molecule has 0 unspecified atom stereocenters. The van der Waals surface area contributed by atoms with Crippen molar-refractivity contribution in [2.45, 2.75) is 13.5 Å². The smallest absolute Gasteiger partial charge is 0.0587 e. The Morgan fingerprint density at radius 2 is 2.11 bits per heavy atom. The number of likely N-dealkylation sites (N-methyl/N-ethyl adjacent to an activating group) is 1. The van der Waals surface area contributed by atoms with E-state index < -0.39 is 0 Å². The number of rotatable bonds is 8. The van der Waals surface area contributed by atoms with E-state index in [-0.39, 0.29) is 0 Å². The van der Waals surface area contributed by atoms with Crippen LogP contribution in [0, 0.1) is 6.92 Å². The highest BCUT2D eigenvalue weighted by molar-refractivity contribution is 9.10. The predicted molar refractivity (Wildman–Crippen MR) is 80.0 cm³/mol. The number of hydrogen-bond donors (Lipinski definition) is 1. The zero-order chi connectivity index (χ0) is 13.4. The normalized spacial score (nSPS) is 11.2. The van der Waals surface area contributed by atoms with E-state index in [4.69, 9.17) is 4.74 Å². The molecule has 18 heavy (non-hydrogen) atoms. The second-order valence-corrected chi connectivity index (χ2v) is 5.43. The fraction of sp³-hybridized carbons (Fsp3) is 0.571. The van der Waals surface area contributed by atoms with Gasteiger partial charge in [0.2, 0.25) is 0 Å². The van der Waals surface area contributed by atoms with Crippen LogP contribution < -0.4 is 5.32 Å². The first kappa shape index (κ1) is 15.6. The maximum absolute atomic E-state index is 4.99. The summed E-state index contributed by atoms with van der Waals surface area (Å²) in [5.74, 6) is 0. The van der Waals surface area contributed by atoms with Crippen molar-refractivity contribution in [3.05, 3.63) is 33.8 Å². The van der Waals surface area contributed by atoms with Crippen LogP contribution in [0.15, 0.2) is 22.7 Å². The molecule has 3 nitrogen and oxygen atoms in total. The number of halogens is 1. The number of benzene rings is 1. The van der Waals surface area contributed by atoms with E-state index in [0.717, 1.165) is 32.8 Å². The Morgan fingerprint density at radius 1 is 1.33 bits per heavy atom. The lowest BCUT2D eigenvalue weighted by molar-refractivity contribution is 0.197. The molecule has 4 heteroatoms. The largest absolute Gasteiger partial charge is 0.383 e. The Bertz CT molecular complexity index is 358. The highest BCUT2D eigenvalue weighted by Crippen LogP contribution is 2.19. The first-order valence-electron chi connectivity index (χ1n) is 6.26. The van der Waals surface area contributed by atoms with Gasteiger partial charge in [-0.1, -0.05) is 28.1 Å². The minimum atomic E-state index is 0.771. The molecule has 0 aliphatic carbocycles. The maximum atomic E-state index is 4.99. The van der Waals surface area contributed by atoms with E-state index >= 15 is 0 Å². The number of nitrogens with zero attached hydrogens (tertiary/aromatic N) is 1. The van der Waals surface area contributed by atoms with E-state index in [1.807, 2.05) is 0 Å². The van der Waals surface area contributed by atoms with Crippen LogP contribution in [0.25, 0.3) is 0 Å². The minimum Gasteiger partial charge on any atom is -0.383 e. The van der Waals surface area contributed by atoms with Crippen molar-refractivity contribution < 1.29 is 4.74 Å². The zero-order valence-electron chi connectivity index (χ0n) is 11.5. The van der Waals surface area contributed by atoms with Gasteiger partial charge in [0.1, 0.15) is 0 Å². The van der Waals surface area contributed by atoms with Crippen LogP contribution in [-0.2, 0) is 11.3 Å². The summed E-state index contributed by atoms with van der Waals surface area (Å²) in [5, 5.41) is 3.35. The lowest BCUT2D eigenvalue weighted by Gasteiger charge is -2.18. The maximum Gasteiger partial charge on any atom is 0.0587 e. The van der Waals surface area contributed by atoms with Crippen molar-refractivity contribution in [2.75, 3.05) is 40.4 Å². The lowest BCUT2D eigenvalue weighted by Crippen LogP contribution is -2.30. The molecule has 0 bridgehead atoms. The molecule has 0 aliphatic heterocycles. The number of aryl methyl sites for hydroxylation is 1. The lowest BCUT2D eigenvalue weighted by atomic mass is 10.1. The molecule has 102 valence electrons. The van der Waals surface area contributed by atoms with Crippen LogP contribution in [0.2, 0.25) is 0 Å². The Kier molecular flexibility index (Phi) is 7.51. The van der Waals surface area contributed by atoms with Gasteiger partial charge >= 0.3 is 0 Å². The molecule has 0 aliphatic rings. The van der Waals surface area contributed by atoms with E-state index in [9.17, 15) is 0 Å². The van der Waals surface area contributed by atoms with E-state index in [1.54, 1.807) is 7.11 Å². The van der Waals surface area contributed by atoms with E-state index in [0.29, 0.717) is 0 Å². The first-order chi connectivity index (χ1) is 8.63. The third kappa shape index (κ3) is 5.96. The van der Waals surface area contributed by atoms with Gasteiger partial charge in [-0.05, 0) is 31.2 Å². The molecule has 0 radical (unpaired) electrons. The van der Waals surface area contributed by atoms with E-state index in [1.165, 1.54) is 15.6 Å². The van der Waals surface area contributed by atoms with Gasteiger partial charge in [-0.15, -0.1) is 0 Å². The average molecular weight is 315 g/mol. The van der Waals surface area contributed by atoms with Crippen LogP contribution in [0.3, 0.4) is 0 Å². The fourth-order valence-corrected chi connectivity index (χ4v) is 2.34. The molecule has 1 N–H and O–H groups in total. The van der Waals surface area contributed by atoms with Crippen molar-refractivity contribution in [1.82, 2.24) is 10.2 Å². The molecule has 0 aromatic heterocycles. The summed E-state index contributed by atoms with van der Waals surface area (Å²) in [5.41, 5.74) is 2.62. The number of methoxy groups -OCH3 is 1. The Hall–Kier alpha value is -0.420. The van der Waals surface area contributed by atoms with Gasteiger partial charge in [0.05, 0.1) is 6.61 Å². The predicted octanol–water partition coefficient (Wildman–Crippen LogP) is 2.43. The Morgan fingerprint density at radius 3 is 2.78 bits per heavy atom. The highest BCUT2D eigenvalue weighted by atomic mass is 79.9. The van der Waals surface area contributed by atoms with Gasteiger partial charge in [0.25, 0.3) is 0 Å².